The van der Waals surface area contributed by atoms with Gasteiger partial charge in [-0.1, -0.05) is 61.9 Å². The van der Waals surface area contributed by atoms with E-state index in [0.717, 1.165) is 31.6 Å². The van der Waals surface area contributed by atoms with Crippen molar-refractivity contribution in [1.82, 2.24) is 4.90 Å². The summed E-state index contributed by atoms with van der Waals surface area (Å²) < 4.78 is 0. The summed E-state index contributed by atoms with van der Waals surface area (Å²) in [5, 5.41) is 0. The highest BCUT2D eigenvalue weighted by Gasteiger charge is 2.18. The zero-order valence-electron chi connectivity index (χ0n) is 13.3. The molecule has 0 saturated heterocycles. The van der Waals surface area contributed by atoms with E-state index in [1.54, 1.807) is 0 Å². The van der Waals surface area contributed by atoms with E-state index in [4.69, 9.17) is 4.99 Å². The summed E-state index contributed by atoms with van der Waals surface area (Å²) >= 11 is 0. The third kappa shape index (κ3) is 3.56. The quantitative estimate of drug-likeness (QED) is 0.734. The highest BCUT2D eigenvalue weighted by molar-refractivity contribution is 5.87. The van der Waals surface area contributed by atoms with Crippen molar-refractivity contribution in [2.45, 2.75) is 39.2 Å². The van der Waals surface area contributed by atoms with Crippen molar-refractivity contribution in [3.8, 4) is 0 Å². The van der Waals surface area contributed by atoms with E-state index in [1.165, 1.54) is 29.8 Å². The third-order valence-electron chi connectivity index (χ3n) is 4.23. The average Bonchev–Trinajstić information content (AvgIpc) is 2.58. The zero-order valence-corrected chi connectivity index (χ0v) is 13.3. The molecule has 0 N–H and O–H groups in total. The molecule has 0 fully saturated rings. The van der Waals surface area contributed by atoms with E-state index in [2.05, 4.69) is 66.4 Å². The summed E-state index contributed by atoms with van der Waals surface area (Å²) in [5.74, 6) is 1.25. The van der Waals surface area contributed by atoms with Crippen molar-refractivity contribution in [2.24, 2.45) is 4.99 Å². The first kappa shape index (κ1) is 14.8. The van der Waals surface area contributed by atoms with Gasteiger partial charge in [0.25, 0.3) is 0 Å². The van der Waals surface area contributed by atoms with Gasteiger partial charge in [0, 0.05) is 19.5 Å². The molecule has 2 nitrogen and oxygen atoms in total. The Morgan fingerprint density at radius 2 is 1.73 bits per heavy atom. The maximum atomic E-state index is 4.94. The SMILES string of the molecule is CCCCN1Cc2ccccc2N=C1CCc1ccccc1. The second kappa shape index (κ2) is 7.26. The predicted octanol–water partition coefficient (Wildman–Crippen LogP) is 4.97. The number of aliphatic imine (C=N–C) groups is 1. The summed E-state index contributed by atoms with van der Waals surface area (Å²) in [6.45, 7) is 4.36. The van der Waals surface area contributed by atoms with Crippen LogP contribution in [0.25, 0.3) is 0 Å². The van der Waals surface area contributed by atoms with Gasteiger partial charge in [-0.05, 0) is 30.0 Å². The van der Waals surface area contributed by atoms with Gasteiger partial charge >= 0.3 is 0 Å². The van der Waals surface area contributed by atoms with Gasteiger partial charge in [0.2, 0.25) is 0 Å². The van der Waals surface area contributed by atoms with Crippen LogP contribution in [0.4, 0.5) is 5.69 Å². The van der Waals surface area contributed by atoms with E-state index >= 15 is 0 Å². The van der Waals surface area contributed by atoms with E-state index < -0.39 is 0 Å². The minimum absolute atomic E-state index is 1.00. The number of unbranched alkanes of at least 4 members (excludes halogenated alkanes) is 1. The van der Waals surface area contributed by atoms with Crippen LogP contribution < -0.4 is 0 Å². The zero-order chi connectivity index (χ0) is 15.2. The van der Waals surface area contributed by atoms with Crippen LogP contribution in [0, 0.1) is 0 Å². The summed E-state index contributed by atoms with van der Waals surface area (Å²) in [7, 11) is 0. The molecule has 0 unspecified atom stereocenters. The lowest BCUT2D eigenvalue weighted by molar-refractivity contribution is 0.388. The molecule has 0 saturated carbocycles. The molecule has 1 aliphatic rings. The second-order valence-electron chi connectivity index (χ2n) is 5.92. The lowest BCUT2D eigenvalue weighted by Gasteiger charge is -2.30. The van der Waals surface area contributed by atoms with Crippen LogP contribution in [0.15, 0.2) is 59.6 Å². The average molecular weight is 292 g/mol. The maximum absolute atomic E-state index is 4.94. The maximum Gasteiger partial charge on any atom is 0.105 e. The minimum Gasteiger partial charge on any atom is -0.356 e. The Hall–Kier alpha value is -2.09. The topological polar surface area (TPSA) is 15.6 Å². The van der Waals surface area contributed by atoms with E-state index in [1.807, 2.05) is 0 Å². The van der Waals surface area contributed by atoms with Crippen molar-refractivity contribution in [3.05, 3.63) is 65.7 Å². The standard InChI is InChI=1S/C20H24N2/c1-2-3-15-22-16-18-11-7-8-12-19(18)21-20(22)14-13-17-9-5-4-6-10-17/h4-12H,2-3,13-16H2,1H3. The van der Waals surface area contributed by atoms with Crippen molar-refractivity contribution >= 4 is 11.5 Å². The van der Waals surface area contributed by atoms with Gasteiger partial charge < -0.3 is 4.90 Å². The minimum atomic E-state index is 1.00. The van der Waals surface area contributed by atoms with Crippen molar-refractivity contribution in [2.75, 3.05) is 6.54 Å². The fourth-order valence-electron chi connectivity index (χ4n) is 2.93. The Balaban J connectivity index is 1.76. The Morgan fingerprint density at radius 3 is 2.55 bits per heavy atom. The summed E-state index contributed by atoms with van der Waals surface area (Å²) in [4.78, 5) is 7.40. The van der Waals surface area contributed by atoms with Gasteiger partial charge in [0.05, 0.1) is 5.69 Å². The van der Waals surface area contributed by atoms with Gasteiger partial charge in [-0.25, -0.2) is 4.99 Å². The lowest BCUT2D eigenvalue weighted by Crippen LogP contribution is -2.33. The molecule has 0 spiro atoms. The highest BCUT2D eigenvalue weighted by Crippen LogP contribution is 2.27. The second-order valence-corrected chi connectivity index (χ2v) is 5.92. The number of nitrogens with zero attached hydrogens (tertiary/aromatic N) is 2. The van der Waals surface area contributed by atoms with E-state index in [-0.39, 0.29) is 0 Å². The van der Waals surface area contributed by atoms with Gasteiger partial charge in [0.15, 0.2) is 0 Å². The first-order valence-corrected chi connectivity index (χ1v) is 8.31. The molecular formula is C20H24N2. The summed E-state index contributed by atoms with van der Waals surface area (Å²) in [6, 6.07) is 19.2. The number of hydrogen-bond donors (Lipinski definition) is 0. The van der Waals surface area contributed by atoms with Crippen LogP contribution in [-0.2, 0) is 13.0 Å². The van der Waals surface area contributed by atoms with Crippen molar-refractivity contribution < 1.29 is 0 Å². The van der Waals surface area contributed by atoms with Crippen LogP contribution in [-0.4, -0.2) is 17.3 Å². The third-order valence-corrected chi connectivity index (χ3v) is 4.23. The molecule has 0 radical (unpaired) electrons. The monoisotopic (exact) mass is 292 g/mol. The Morgan fingerprint density at radius 1 is 0.955 bits per heavy atom. The van der Waals surface area contributed by atoms with Gasteiger partial charge in [-0.3, -0.25) is 0 Å². The van der Waals surface area contributed by atoms with Gasteiger partial charge in [0.1, 0.15) is 5.84 Å². The summed E-state index contributed by atoms with van der Waals surface area (Å²) in [6.07, 6.45) is 4.53. The van der Waals surface area contributed by atoms with Crippen molar-refractivity contribution in [1.29, 1.82) is 0 Å². The molecule has 2 aromatic rings. The van der Waals surface area contributed by atoms with Crippen LogP contribution in [0.1, 0.15) is 37.3 Å². The molecule has 0 aliphatic carbocycles. The fraction of sp³-hybridized carbons (Fsp3) is 0.350. The number of para-hydroxylation sites is 1. The molecule has 2 aromatic carbocycles. The van der Waals surface area contributed by atoms with Gasteiger partial charge in [-0.15, -0.1) is 0 Å². The normalized spacial score (nSPS) is 13.7. The number of aryl methyl sites for hydroxylation is 1. The first-order chi connectivity index (χ1) is 10.9. The Labute approximate surface area is 133 Å². The molecule has 114 valence electrons. The molecular weight excluding hydrogens is 268 g/mol. The van der Waals surface area contributed by atoms with E-state index in [0.29, 0.717) is 0 Å². The number of rotatable bonds is 6. The van der Waals surface area contributed by atoms with Crippen LogP contribution in [0.2, 0.25) is 0 Å². The number of fused-ring (bicyclic) bond motifs is 1. The number of benzene rings is 2. The highest BCUT2D eigenvalue weighted by atomic mass is 15.2. The Bertz CT molecular complexity index is 631. The lowest BCUT2D eigenvalue weighted by atomic mass is 10.1. The van der Waals surface area contributed by atoms with Crippen molar-refractivity contribution in [3.63, 3.8) is 0 Å². The first-order valence-electron chi connectivity index (χ1n) is 8.31. The molecule has 1 heterocycles. The van der Waals surface area contributed by atoms with Gasteiger partial charge in [-0.2, -0.15) is 0 Å². The largest absolute Gasteiger partial charge is 0.356 e. The van der Waals surface area contributed by atoms with Crippen LogP contribution >= 0.6 is 0 Å². The Kier molecular flexibility index (Phi) is 4.89. The molecule has 2 heteroatoms. The van der Waals surface area contributed by atoms with Crippen LogP contribution in [0.3, 0.4) is 0 Å². The summed E-state index contributed by atoms with van der Waals surface area (Å²) in [5.41, 5.74) is 3.89. The fourth-order valence-corrected chi connectivity index (χ4v) is 2.93. The van der Waals surface area contributed by atoms with Crippen LogP contribution in [0.5, 0.6) is 0 Å². The smallest absolute Gasteiger partial charge is 0.105 e. The molecule has 0 amide bonds. The van der Waals surface area contributed by atoms with E-state index in [9.17, 15) is 0 Å². The predicted molar refractivity (Wildman–Crippen MR) is 93.6 cm³/mol. The molecule has 0 atom stereocenters. The molecule has 3 rings (SSSR count). The molecule has 0 bridgehead atoms. The molecule has 0 aromatic heterocycles. The number of amidine groups is 1. The number of hydrogen-bond acceptors (Lipinski definition) is 2. The molecule has 1 aliphatic heterocycles. The molecule has 22 heavy (non-hydrogen) atoms.